The summed E-state index contributed by atoms with van der Waals surface area (Å²) in [6, 6.07) is 6.79. The quantitative estimate of drug-likeness (QED) is 0.449. The van der Waals surface area contributed by atoms with E-state index < -0.39 is 24.1 Å². The molecule has 2 aromatic carbocycles. The Hall–Kier alpha value is -2.30. The molecule has 2 rings (SSSR count). The van der Waals surface area contributed by atoms with Crippen molar-refractivity contribution in [2.24, 2.45) is 0 Å². The van der Waals surface area contributed by atoms with Crippen molar-refractivity contribution in [2.45, 2.75) is 19.8 Å². The lowest BCUT2D eigenvalue weighted by atomic mass is 10.0. The average molecular weight is 338 g/mol. The van der Waals surface area contributed by atoms with Gasteiger partial charge in [0.1, 0.15) is 5.82 Å². The fourth-order valence-electron chi connectivity index (χ4n) is 2.27. The van der Waals surface area contributed by atoms with Crippen LogP contribution in [0.4, 0.5) is 17.6 Å². The third-order valence-corrected chi connectivity index (χ3v) is 3.44. The molecule has 0 aromatic heterocycles. The molecule has 0 radical (unpaired) electrons. The van der Waals surface area contributed by atoms with Crippen LogP contribution in [0.5, 0.6) is 5.75 Å². The predicted molar refractivity (Wildman–Crippen MR) is 87.2 cm³/mol. The molecule has 0 saturated heterocycles. The molecule has 0 fully saturated rings. The molecule has 24 heavy (non-hydrogen) atoms. The van der Waals surface area contributed by atoms with E-state index in [4.69, 9.17) is 4.74 Å². The largest absolute Gasteiger partial charge is 0.491 e. The van der Waals surface area contributed by atoms with Gasteiger partial charge in [-0.15, -0.1) is 0 Å². The summed E-state index contributed by atoms with van der Waals surface area (Å²) >= 11 is 0. The fourth-order valence-corrected chi connectivity index (χ4v) is 2.27. The first-order valence-electron chi connectivity index (χ1n) is 7.71. The zero-order valence-electron chi connectivity index (χ0n) is 13.3. The Morgan fingerprint density at radius 2 is 1.75 bits per heavy atom. The number of benzene rings is 2. The van der Waals surface area contributed by atoms with Gasteiger partial charge < -0.3 is 4.74 Å². The van der Waals surface area contributed by atoms with E-state index in [9.17, 15) is 17.6 Å². The van der Waals surface area contributed by atoms with Gasteiger partial charge in [-0.1, -0.05) is 24.3 Å². The summed E-state index contributed by atoms with van der Waals surface area (Å²) in [4.78, 5) is 0. The SMILES string of the molecule is CCOc1ccc(-c2ccc(C=CCCCF)cc2F)c(F)c1F. The van der Waals surface area contributed by atoms with Gasteiger partial charge in [0.15, 0.2) is 11.6 Å². The molecule has 128 valence electrons. The second-order valence-electron chi connectivity index (χ2n) is 5.15. The van der Waals surface area contributed by atoms with Crippen LogP contribution in [-0.4, -0.2) is 13.3 Å². The van der Waals surface area contributed by atoms with Crippen molar-refractivity contribution in [3.8, 4) is 16.9 Å². The highest BCUT2D eigenvalue weighted by molar-refractivity contribution is 5.68. The lowest BCUT2D eigenvalue weighted by Crippen LogP contribution is -1.99. The lowest BCUT2D eigenvalue weighted by Gasteiger charge is -2.10. The third-order valence-electron chi connectivity index (χ3n) is 3.44. The minimum atomic E-state index is -1.15. The van der Waals surface area contributed by atoms with Gasteiger partial charge in [0.25, 0.3) is 0 Å². The summed E-state index contributed by atoms with van der Waals surface area (Å²) in [5, 5.41) is 0. The third kappa shape index (κ3) is 4.16. The molecule has 0 aliphatic heterocycles. The maximum atomic E-state index is 14.3. The van der Waals surface area contributed by atoms with Crippen molar-refractivity contribution < 1.29 is 22.3 Å². The van der Waals surface area contributed by atoms with Gasteiger partial charge in [0.05, 0.1) is 13.3 Å². The van der Waals surface area contributed by atoms with Gasteiger partial charge in [-0.3, -0.25) is 4.39 Å². The first-order valence-corrected chi connectivity index (χ1v) is 7.71. The maximum Gasteiger partial charge on any atom is 0.201 e. The molecule has 0 N–H and O–H groups in total. The van der Waals surface area contributed by atoms with Crippen molar-refractivity contribution in [2.75, 3.05) is 13.3 Å². The minimum absolute atomic E-state index is 0.0321. The van der Waals surface area contributed by atoms with Gasteiger partial charge in [0, 0.05) is 11.1 Å². The van der Waals surface area contributed by atoms with E-state index >= 15 is 0 Å². The number of alkyl halides is 1. The Balaban J connectivity index is 2.30. The second kappa shape index (κ2) is 8.52. The van der Waals surface area contributed by atoms with E-state index in [1.165, 1.54) is 24.3 Å². The highest BCUT2D eigenvalue weighted by Crippen LogP contribution is 2.31. The molecule has 0 bridgehead atoms. The Labute approximate surface area is 138 Å². The average Bonchev–Trinajstić information content (AvgIpc) is 2.57. The van der Waals surface area contributed by atoms with Crippen LogP contribution >= 0.6 is 0 Å². The molecule has 0 aliphatic carbocycles. The van der Waals surface area contributed by atoms with Crippen LogP contribution in [0, 0.1) is 17.5 Å². The zero-order chi connectivity index (χ0) is 17.5. The standard InChI is InChI=1S/C19H18F4O/c1-2-24-17-10-9-15(18(22)19(17)23)14-8-7-13(12-16(14)21)6-4-3-5-11-20/h4,6-10,12H,2-3,5,11H2,1H3. The molecular formula is C19H18F4O. The zero-order valence-corrected chi connectivity index (χ0v) is 13.3. The maximum absolute atomic E-state index is 14.3. The molecule has 0 atom stereocenters. The molecule has 1 nitrogen and oxygen atoms in total. The number of ether oxygens (including phenoxy) is 1. The highest BCUT2D eigenvalue weighted by Gasteiger charge is 2.17. The van der Waals surface area contributed by atoms with Gasteiger partial charge in [-0.05, 0) is 43.5 Å². The van der Waals surface area contributed by atoms with Crippen LogP contribution in [0.3, 0.4) is 0 Å². The Bertz CT molecular complexity index is 726. The Kier molecular flexibility index (Phi) is 6.41. The number of hydrogen-bond acceptors (Lipinski definition) is 1. The van der Waals surface area contributed by atoms with Crippen LogP contribution in [0.1, 0.15) is 25.3 Å². The van der Waals surface area contributed by atoms with Crippen LogP contribution in [0.25, 0.3) is 17.2 Å². The van der Waals surface area contributed by atoms with Crippen molar-refractivity contribution in [3.05, 3.63) is 59.4 Å². The van der Waals surface area contributed by atoms with E-state index in [-0.39, 0.29) is 23.5 Å². The first kappa shape index (κ1) is 18.0. The number of allylic oxidation sites excluding steroid dienone is 1. The van der Waals surface area contributed by atoms with Gasteiger partial charge in [-0.2, -0.15) is 4.39 Å². The predicted octanol–water partition coefficient (Wildman–Crippen LogP) is 5.93. The van der Waals surface area contributed by atoms with E-state index in [1.807, 2.05) is 0 Å². The van der Waals surface area contributed by atoms with Gasteiger partial charge in [-0.25, -0.2) is 8.78 Å². The summed E-state index contributed by atoms with van der Waals surface area (Å²) in [6.45, 7) is 1.46. The Morgan fingerprint density at radius 3 is 2.42 bits per heavy atom. The topological polar surface area (TPSA) is 9.23 Å². The second-order valence-corrected chi connectivity index (χ2v) is 5.15. The Morgan fingerprint density at radius 1 is 1.00 bits per heavy atom. The van der Waals surface area contributed by atoms with Crippen LogP contribution in [0.2, 0.25) is 0 Å². The fraction of sp³-hybridized carbons (Fsp3) is 0.263. The first-order chi connectivity index (χ1) is 11.6. The van der Waals surface area contributed by atoms with Crippen LogP contribution in [0.15, 0.2) is 36.4 Å². The van der Waals surface area contributed by atoms with Gasteiger partial charge in [0.2, 0.25) is 5.82 Å². The molecule has 0 unspecified atom stereocenters. The lowest BCUT2D eigenvalue weighted by molar-refractivity contribution is 0.314. The number of hydrogen-bond donors (Lipinski definition) is 0. The number of halogens is 4. The summed E-state index contributed by atoms with van der Waals surface area (Å²) in [5.74, 6) is -3.15. The number of rotatable bonds is 7. The van der Waals surface area contributed by atoms with Crippen LogP contribution in [-0.2, 0) is 0 Å². The summed E-state index contributed by atoms with van der Waals surface area (Å²) in [7, 11) is 0. The molecule has 0 aliphatic rings. The summed E-state index contributed by atoms with van der Waals surface area (Å²) in [6.07, 6.45) is 4.37. The van der Waals surface area contributed by atoms with E-state index in [2.05, 4.69) is 0 Å². The van der Waals surface area contributed by atoms with E-state index in [0.29, 0.717) is 18.4 Å². The summed E-state index contributed by atoms with van der Waals surface area (Å²) < 4.78 is 59.3. The molecule has 2 aromatic rings. The molecule has 5 heteroatoms. The van der Waals surface area contributed by atoms with Crippen molar-refractivity contribution >= 4 is 6.08 Å². The molecule has 0 saturated carbocycles. The van der Waals surface area contributed by atoms with Crippen molar-refractivity contribution in [1.29, 1.82) is 0 Å². The monoisotopic (exact) mass is 338 g/mol. The molecule has 0 amide bonds. The van der Waals surface area contributed by atoms with Gasteiger partial charge >= 0.3 is 0 Å². The number of unbranched alkanes of at least 4 members (excludes halogenated alkanes) is 1. The normalized spacial score (nSPS) is 11.2. The van der Waals surface area contributed by atoms with E-state index in [1.54, 1.807) is 25.1 Å². The highest BCUT2D eigenvalue weighted by atomic mass is 19.2. The minimum Gasteiger partial charge on any atom is -0.491 e. The molecule has 0 spiro atoms. The molecule has 0 heterocycles. The van der Waals surface area contributed by atoms with Crippen molar-refractivity contribution in [3.63, 3.8) is 0 Å². The smallest absolute Gasteiger partial charge is 0.201 e. The summed E-state index contributed by atoms with van der Waals surface area (Å²) in [5.41, 5.74) is 0.374. The van der Waals surface area contributed by atoms with E-state index in [0.717, 1.165) is 0 Å². The molecular weight excluding hydrogens is 320 g/mol. The van der Waals surface area contributed by atoms with Crippen molar-refractivity contribution in [1.82, 2.24) is 0 Å². The van der Waals surface area contributed by atoms with Crippen LogP contribution < -0.4 is 4.74 Å².